The number of benzene rings is 1. The van der Waals surface area contributed by atoms with E-state index in [2.05, 4.69) is 20.6 Å². The molecule has 2 aromatic rings. The predicted octanol–water partition coefficient (Wildman–Crippen LogP) is 2.48. The van der Waals surface area contributed by atoms with E-state index in [0.717, 1.165) is 29.7 Å². The summed E-state index contributed by atoms with van der Waals surface area (Å²) in [5, 5.41) is 5.87. The van der Waals surface area contributed by atoms with E-state index in [0.29, 0.717) is 6.04 Å². The van der Waals surface area contributed by atoms with Gasteiger partial charge in [-0.15, -0.1) is 0 Å². The van der Waals surface area contributed by atoms with Gasteiger partial charge in [-0.1, -0.05) is 12.1 Å². The van der Waals surface area contributed by atoms with Gasteiger partial charge in [0.25, 0.3) is 0 Å². The number of para-hydroxylation sites is 2. The molecule has 0 spiro atoms. The number of imidazole rings is 1. The Morgan fingerprint density at radius 1 is 1.42 bits per heavy atom. The smallest absolute Gasteiger partial charge is 0.315 e. The van der Waals surface area contributed by atoms with E-state index >= 15 is 0 Å². The first kappa shape index (κ1) is 12.0. The van der Waals surface area contributed by atoms with Crippen molar-refractivity contribution in [3.05, 3.63) is 30.1 Å². The van der Waals surface area contributed by atoms with Crippen LogP contribution in [0.15, 0.2) is 24.3 Å². The number of nitrogens with zero attached hydrogens (tertiary/aromatic N) is 1. The molecule has 3 N–H and O–H groups in total. The summed E-state index contributed by atoms with van der Waals surface area (Å²) in [6, 6.07) is 7.96. The molecule has 0 saturated heterocycles. The number of hydrogen-bond donors (Lipinski definition) is 3. The third kappa shape index (κ3) is 2.54. The molecule has 5 nitrogen and oxygen atoms in total. The Balaban J connectivity index is 1.65. The summed E-state index contributed by atoms with van der Waals surface area (Å²) < 4.78 is 0. The van der Waals surface area contributed by atoms with E-state index in [1.54, 1.807) is 0 Å². The molecule has 1 atom stereocenters. The Bertz CT molecular complexity index is 555. The number of amides is 2. The van der Waals surface area contributed by atoms with E-state index in [4.69, 9.17) is 0 Å². The van der Waals surface area contributed by atoms with Gasteiger partial charge in [0.2, 0.25) is 0 Å². The van der Waals surface area contributed by atoms with Crippen LogP contribution in [0, 0.1) is 0 Å². The standard InChI is InChI=1S/C14H18N4O/c1-9(15-14(19)16-10-5-4-6-10)13-17-11-7-2-3-8-12(11)18-13/h2-3,7-10H,4-6H2,1H3,(H,17,18)(H2,15,16,19). The number of urea groups is 1. The minimum Gasteiger partial charge on any atom is -0.340 e. The molecule has 3 rings (SSSR count). The summed E-state index contributed by atoms with van der Waals surface area (Å²) >= 11 is 0. The van der Waals surface area contributed by atoms with Gasteiger partial charge < -0.3 is 15.6 Å². The minimum atomic E-state index is -0.132. The highest BCUT2D eigenvalue weighted by Gasteiger charge is 2.20. The molecule has 1 unspecified atom stereocenters. The van der Waals surface area contributed by atoms with Gasteiger partial charge in [0.15, 0.2) is 0 Å². The SMILES string of the molecule is CC(NC(=O)NC1CCC1)c1nc2ccccc2[nH]1. The Morgan fingerprint density at radius 2 is 2.21 bits per heavy atom. The third-order valence-electron chi connectivity index (χ3n) is 3.61. The molecule has 1 fully saturated rings. The Kier molecular flexibility index (Phi) is 3.11. The van der Waals surface area contributed by atoms with E-state index in [1.165, 1.54) is 6.42 Å². The number of fused-ring (bicyclic) bond motifs is 1. The lowest BCUT2D eigenvalue weighted by atomic mass is 9.93. The molecule has 0 bridgehead atoms. The molecule has 1 aromatic carbocycles. The molecular weight excluding hydrogens is 240 g/mol. The van der Waals surface area contributed by atoms with E-state index < -0.39 is 0 Å². The summed E-state index contributed by atoms with van der Waals surface area (Å²) in [6.45, 7) is 1.93. The van der Waals surface area contributed by atoms with Crippen molar-refractivity contribution >= 4 is 17.1 Å². The van der Waals surface area contributed by atoms with Crippen LogP contribution in [0.4, 0.5) is 4.79 Å². The van der Waals surface area contributed by atoms with Crippen molar-refractivity contribution in [3.8, 4) is 0 Å². The average molecular weight is 258 g/mol. The molecular formula is C14H18N4O. The number of hydrogen-bond acceptors (Lipinski definition) is 2. The maximum absolute atomic E-state index is 11.8. The zero-order valence-corrected chi connectivity index (χ0v) is 10.9. The molecule has 0 aliphatic heterocycles. The van der Waals surface area contributed by atoms with Crippen LogP contribution in [0.1, 0.15) is 38.1 Å². The van der Waals surface area contributed by atoms with Gasteiger partial charge in [-0.25, -0.2) is 9.78 Å². The predicted molar refractivity (Wildman–Crippen MR) is 73.8 cm³/mol. The Morgan fingerprint density at radius 3 is 2.89 bits per heavy atom. The monoisotopic (exact) mass is 258 g/mol. The van der Waals surface area contributed by atoms with E-state index in [1.807, 2.05) is 31.2 Å². The topological polar surface area (TPSA) is 69.8 Å². The quantitative estimate of drug-likeness (QED) is 0.791. The fourth-order valence-corrected chi connectivity index (χ4v) is 2.22. The molecule has 19 heavy (non-hydrogen) atoms. The van der Waals surface area contributed by atoms with Crippen molar-refractivity contribution in [1.29, 1.82) is 0 Å². The Labute approximate surface area is 111 Å². The van der Waals surface area contributed by atoms with Crippen LogP contribution in [-0.2, 0) is 0 Å². The molecule has 1 heterocycles. The average Bonchev–Trinajstić information content (AvgIpc) is 2.77. The number of nitrogens with one attached hydrogen (secondary N) is 3. The van der Waals surface area contributed by atoms with Crippen molar-refractivity contribution < 1.29 is 4.79 Å². The molecule has 5 heteroatoms. The van der Waals surface area contributed by atoms with Crippen molar-refractivity contribution in [2.45, 2.75) is 38.3 Å². The number of carbonyl (C=O) groups excluding carboxylic acids is 1. The fraction of sp³-hybridized carbons (Fsp3) is 0.429. The zero-order chi connectivity index (χ0) is 13.2. The van der Waals surface area contributed by atoms with E-state index in [-0.39, 0.29) is 12.1 Å². The molecule has 100 valence electrons. The second kappa shape index (κ2) is 4.91. The second-order valence-electron chi connectivity index (χ2n) is 5.11. The maximum atomic E-state index is 11.8. The molecule has 2 amide bonds. The fourth-order valence-electron chi connectivity index (χ4n) is 2.22. The Hall–Kier alpha value is -2.04. The first-order valence-electron chi connectivity index (χ1n) is 6.74. The number of aromatic amines is 1. The van der Waals surface area contributed by atoms with Crippen LogP contribution in [0.5, 0.6) is 0 Å². The zero-order valence-electron chi connectivity index (χ0n) is 10.9. The number of carbonyl (C=O) groups is 1. The summed E-state index contributed by atoms with van der Waals surface area (Å²) in [7, 11) is 0. The molecule has 1 saturated carbocycles. The van der Waals surface area contributed by atoms with Crippen LogP contribution in [0.25, 0.3) is 11.0 Å². The van der Waals surface area contributed by atoms with Gasteiger partial charge in [-0.3, -0.25) is 0 Å². The minimum absolute atomic E-state index is 0.113. The van der Waals surface area contributed by atoms with Crippen LogP contribution < -0.4 is 10.6 Å². The molecule has 0 radical (unpaired) electrons. The molecule has 1 aliphatic rings. The summed E-state index contributed by atoms with van der Waals surface area (Å²) in [5.74, 6) is 0.782. The van der Waals surface area contributed by atoms with Gasteiger partial charge in [-0.05, 0) is 38.3 Å². The van der Waals surface area contributed by atoms with Gasteiger partial charge in [0.1, 0.15) is 5.82 Å². The third-order valence-corrected chi connectivity index (χ3v) is 3.61. The number of aromatic nitrogens is 2. The van der Waals surface area contributed by atoms with Gasteiger partial charge in [0, 0.05) is 6.04 Å². The van der Waals surface area contributed by atoms with Crippen LogP contribution >= 0.6 is 0 Å². The van der Waals surface area contributed by atoms with Gasteiger partial charge in [-0.2, -0.15) is 0 Å². The van der Waals surface area contributed by atoms with Crippen molar-refractivity contribution in [2.24, 2.45) is 0 Å². The van der Waals surface area contributed by atoms with Gasteiger partial charge in [0.05, 0.1) is 17.1 Å². The first-order valence-corrected chi connectivity index (χ1v) is 6.74. The van der Waals surface area contributed by atoms with E-state index in [9.17, 15) is 4.79 Å². The largest absolute Gasteiger partial charge is 0.340 e. The maximum Gasteiger partial charge on any atom is 0.315 e. The number of rotatable bonds is 3. The highest BCUT2D eigenvalue weighted by atomic mass is 16.2. The van der Waals surface area contributed by atoms with Gasteiger partial charge >= 0.3 is 6.03 Å². The van der Waals surface area contributed by atoms with Crippen LogP contribution in [0.2, 0.25) is 0 Å². The summed E-state index contributed by atoms with van der Waals surface area (Å²) in [4.78, 5) is 19.5. The summed E-state index contributed by atoms with van der Waals surface area (Å²) in [6.07, 6.45) is 3.39. The summed E-state index contributed by atoms with van der Waals surface area (Å²) in [5.41, 5.74) is 1.91. The van der Waals surface area contributed by atoms with Crippen molar-refractivity contribution in [1.82, 2.24) is 20.6 Å². The van der Waals surface area contributed by atoms with Crippen molar-refractivity contribution in [2.75, 3.05) is 0 Å². The lowest BCUT2D eigenvalue weighted by molar-refractivity contribution is 0.225. The van der Waals surface area contributed by atoms with Crippen LogP contribution in [0.3, 0.4) is 0 Å². The normalized spacial score (nSPS) is 16.9. The molecule has 1 aromatic heterocycles. The molecule has 1 aliphatic carbocycles. The highest BCUT2D eigenvalue weighted by molar-refractivity contribution is 5.76. The van der Waals surface area contributed by atoms with Crippen LogP contribution in [-0.4, -0.2) is 22.0 Å². The number of H-pyrrole nitrogens is 1. The first-order chi connectivity index (χ1) is 9.22. The van der Waals surface area contributed by atoms with Crippen molar-refractivity contribution in [3.63, 3.8) is 0 Å². The highest BCUT2D eigenvalue weighted by Crippen LogP contribution is 2.18. The second-order valence-corrected chi connectivity index (χ2v) is 5.11. The lowest BCUT2D eigenvalue weighted by Gasteiger charge is -2.27. The lowest BCUT2D eigenvalue weighted by Crippen LogP contribution is -2.45.